The van der Waals surface area contributed by atoms with E-state index in [4.69, 9.17) is 5.73 Å². The molecule has 0 spiro atoms. The van der Waals surface area contributed by atoms with Gasteiger partial charge in [0.25, 0.3) is 0 Å². The lowest BCUT2D eigenvalue weighted by atomic mass is 10.1. The number of halogens is 2. The zero-order valence-electron chi connectivity index (χ0n) is 11.6. The quantitative estimate of drug-likeness (QED) is 0.803. The van der Waals surface area contributed by atoms with Crippen molar-refractivity contribution in [3.05, 3.63) is 65.5 Å². The molecule has 2 aromatic carbocycles. The van der Waals surface area contributed by atoms with E-state index < -0.39 is 17.7 Å². The number of benzene rings is 2. The molecule has 21 heavy (non-hydrogen) atoms. The fraction of sp³-hybridized carbons (Fsp3) is 0.188. The third-order valence-corrected chi connectivity index (χ3v) is 3.60. The largest absolute Gasteiger partial charge is 0.326 e. The van der Waals surface area contributed by atoms with Crippen molar-refractivity contribution in [2.45, 2.75) is 19.5 Å². The summed E-state index contributed by atoms with van der Waals surface area (Å²) in [6, 6.07) is 10.6. The number of imidazole rings is 1. The zero-order valence-corrected chi connectivity index (χ0v) is 11.6. The lowest BCUT2D eigenvalue weighted by Crippen LogP contribution is -2.21. The molecule has 1 heterocycles. The predicted molar refractivity (Wildman–Crippen MR) is 77.8 cm³/mol. The molecular weight excluding hydrogens is 272 g/mol. The van der Waals surface area contributed by atoms with Gasteiger partial charge in [0.1, 0.15) is 17.5 Å². The number of hydrogen-bond donors (Lipinski definition) is 1. The standard InChI is InChI=1S/C16H15F2N3/c1-10-20-14-7-2-3-8-15(14)21(10)9-13(19)16-11(17)5-4-6-12(16)18/h2-8,13H,9,19H2,1H3. The Bertz CT molecular complexity index is 775. The highest BCUT2D eigenvalue weighted by molar-refractivity contribution is 5.75. The summed E-state index contributed by atoms with van der Waals surface area (Å²) in [7, 11) is 0. The molecule has 0 radical (unpaired) electrons. The lowest BCUT2D eigenvalue weighted by molar-refractivity contribution is 0.492. The summed E-state index contributed by atoms with van der Waals surface area (Å²) in [6.07, 6.45) is 0. The third-order valence-electron chi connectivity index (χ3n) is 3.60. The van der Waals surface area contributed by atoms with Crippen molar-refractivity contribution in [2.75, 3.05) is 0 Å². The Labute approximate surface area is 121 Å². The number of hydrogen-bond acceptors (Lipinski definition) is 2. The van der Waals surface area contributed by atoms with E-state index in [9.17, 15) is 8.78 Å². The second kappa shape index (κ2) is 5.26. The molecule has 0 fully saturated rings. The highest BCUT2D eigenvalue weighted by Gasteiger charge is 2.18. The zero-order chi connectivity index (χ0) is 15.0. The molecule has 0 aliphatic heterocycles. The van der Waals surface area contributed by atoms with Crippen molar-refractivity contribution < 1.29 is 8.78 Å². The summed E-state index contributed by atoms with van der Waals surface area (Å²) in [4.78, 5) is 4.42. The summed E-state index contributed by atoms with van der Waals surface area (Å²) in [5.41, 5.74) is 7.68. The van der Waals surface area contributed by atoms with E-state index >= 15 is 0 Å². The van der Waals surface area contributed by atoms with E-state index in [-0.39, 0.29) is 12.1 Å². The molecule has 1 atom stereocenters. The summed E-state index contributed by atoms with van der Waals surface area (Å²) in [5, 5.41) is 0. The third kappa shape index (κ3) is 2.40. The van der Waals surface area contributed by atoms with Crippen LogP contribution in [0.4, 0.5) is 8.78 Å². The van der Waals surface area contributed by atoms with Gasteiger partial charge in [-0.1, -0.05) is 18.2 Å². The first-order valence-corrected chi connectivity index (χ1v) is 6.69. The highest BCUT2D eigenvalue weighted by atomic mass is 19.1. The van der Waals surface area contributed by atoms with Gasteiger partial charge in [0.2, 0.25) is 0 Å². The maximum Gasteiger partial charge on any atom is 0.130 e. The number of nitrogens with zero attached hydrogens (tertiary/aromatic N) is 2. The molecule has 0 bridgehead atoms. The predicted octanol–water partition coefficient (Wildman–Crippen LogP) is 3.32. The van der Waals surface area contributed by atoms with Crippen molar-refractivity contribution in [1.29, 1.82) is 0 Å². The minimum Gasteiger partial charge on any atom is -0.326 e. The Kier molecular flexibility index (Phi) is 3.43. The van der Waals surface area contributed by atoms with Crippen molar-refractivity contribution in [3.63, 3.8) is 0 Å². The summed E-state index contributed by atoms with van der Waals surface area (Å²) in [5.74, 6) is -0.474. The van der Waals surface area contributed by atoms with Gasteiger partial charge in [0, 0.05) is 12.1 Å². The molecule has 0 aliphatic rings. The number of aromatic nitrogens is 2. The molecule has 3 rings (SSSR count). The van der Waals surface area contributed by atoms with Gasteiger partial charge < -0.3 is 10.3 Å². The molecule has 2 N–H and O–H groups in total. The lowest BCUT2D eigenvalue weighted by Gasteiger charge is -2.16. The fourth-order valence-corrected chi connectivity index (χ4v) is 2.58. The van der Waals surface area contributed by atoms with Crippen molar-refractivity contribution in [3.8, 4) is 0 Å². The molecule has 0 aliphatic carbocycles. The van der Waals surface area contributed by atoms with Crippen LogP contribution in [0.5, 0.6) is 0 Å². The normalized spacial score (nSPS) is 12.8. The van der Waals surface area contributed by atoms with Crippen LogP contribution in [0.25, 0.3) is 11.0 Å². The minimum atomic E-state index is -0.775. The van der Waals surface area contributed by atoms with Crippen LogP contribution < -0.4 is 5.73 Å². The number of nitrogens with two attached hydrogens (primary N) is 1. The Balaban J connectivity index is 2.00. The number of aryl methyl sites for hydroxylation is 1. The van der Waals surface area contributed by atoms with Gasteiger partial charge in [-0.3, -0.25) is 0 Å². The van der Waals surface area contributed by atoms with E-state index in [2.05, 4.69) is 4.98 Å². The summed E-state index contributed by atoms with van der Waals surface area (Å²) < 4.78 is 29.5. The van der Waals surface area contributed by atoms with Crippen LogP contribution >= 0.6 is 0 Å². The number of rotatable bonds is 3. The monoisotopic (exact) mass is 287 g/mol. The van der Waals surface area contributed by atoms with Gasteiger partial charge in [-0.05, 0) is 31.2 Å². The van der Waals surface area contributed by atoms with Gasteiger partial charge in [-0.15, -0.1) is 0 Å². The van der Waals surface area contributed by atoms with Gasteiger partial charge in [-0.25, -0.2) is 13.8 Å². The van der Waals surface area contributed by atoms with E-state index in [1.807, 2.05) is 35.8 Å². The van der Waals surface area contributed by atoms with E-state index in [0.717, 1.165) is 16.9 Å². The molecule has 1 aromatic heterocycles. The Morgan fingerprint density at radius 3 is 2.48 bits per heavy atom. The van der Waals surface area contributed by atoms with E-state index in [1.165, 1.54) is 18.2 Å². The van der Waals surface area contributed by atoms with Crippen molar-refractivity contribution in [2.24, 2.45) is 5.73 Å². The minimum absolute atomic E-state index is 0.0883. The maximum atomic E-state index is 13.8. The van der Waals surface area contributed by atoms with Gasteiger partial charge >= 0.3 is 0 Å². The number of para-hydroxylation sites is 2. The Morgan fingerprint density at radius 1 is 1.10 bits per heavy atom. The van der Waals surface area contributed by atoms with Crippen LogP contribution in [-0.4, -0.2) is 9.55 Å². The second-order valence-corrected chi connectivity index (χ2v) is 5.00. The first kappa shape index (κ1) is 13.7. The average molecular weight is 287 g/mol. The topological polar surface area (TPSA) is 43.8 Å². The van der Waals surface area contributed by atoms with E-state index in [0.29, 0.717) is 0 Å². The van der Waals surface area contributed by atoms with Crippen LogP contribution in [-0.2, 0) is 6.54 Å². The summed E-state index contributed by atoms with van der Waals surface area (Å²) >= 11 is 0. The number of fused-ring (bicyclic) bond motifs is 1. The van der Waals surface area contributed by atoms with E-state index in [1.54, 1.807) is 0 Å². The van der Waals surface area contributed by atoms with Gasteiger partial charge in [0.05, 0.1) is 17.1 Å². The highest BCUT2D eigenvalue weighted by Crippen LogP contribution is 2.23. The van der Waals surface area contributed by atoms with Crippen LogP contribution in [0.2, 0.25) is 0 Å². The van der Waals surface area contributed by atoms with Crippen LogP contribution in [0, 0.1) is 18.6 Å². The SMILES string of the molecule is Cc1nc2ccccc2n1CC(N)c1c(F)cccc1F. The van der Waals surface area contributed by atoms with Crippen molar-refractivity contribution >= 4 is 11.0 Å². The Hall–Kier alpha value is -2.27. The maximum absolute atomic E-state index is 13.8. The molecule has 3 nitrogen and oxygen atoms in total. The first-order valence-electron chi connectivity index (χ1n) is 6.69. The first-order chi connectivity index (χ1) is 10.1. The van der Waals surface area contributed by atoms with Gasteiger partial charge in [0.15, 0.2) is 0 Å². The summed E-state index contributed by atoms with van der Waals surface area (Å²) in [6.45, 7) is 2.12. The second-order valence-electron chi connectivity index (χ2n) is 5.00. The molecule has 5 heteroatoms. The smallest absolute Gasteiger partial charge is 0.130 e. The molecule has 3 aromatic rings. The molecular formula is C16H15F2N3. The van der Waals surface area contributed by atoms with Crippen LogP contribution in [0.3, 0.4) is 0 Å². The molecule has 0 amide bonds. The van der Waals surface area contributed by atoms with Crippen LogP contribution in [0.1, 0.15) is 17.4 Å². The Morgan fingerprint density at radius 2 is 1.76 bits per heavy atom. The molecule has 108 valence electrons. The molecule has 0 saturated carbocycles. The van der Waals surface area contributed by atoms with Crippen LogP contribution in [0.15, 0.2) is 42.5 Å². The fourth-order valence-electron chi connectivity index (χ4n) is 2.58. The molecule has 0 saturated heterocycles. The average Bonchev–Trinajstić information content (AvgIpc) is 2.75. The van der Waals surface area contributed by atoms with Crippen molar-refractivity contribution in [1.82, 2.24) is 9.55 Å². The molecule has 1 unspecified atom stereocenters. The van der Waals surface area contributed by atoms with Gasteiger partial charge in [-0.2, -0.15) is 0 Å².